The fraction of sp³-hybridized carbons (Fsp3) is 0.439. The molecule has 0 unspecified atom stereocenters. The summed E-state index contributed by atoms with van der Waals surface area (Å²) in [6.45, 7) is 11.5. The van der Waals surface area contributed by atoms with Crippen LogP contribution in [-0.4, -0.2) is 77.3 Å². The summed E-state index contributed by atoms with van der Waals surface area (Å²) >= 11 is 0. The van der Waals surface area contributed by atoms with Gasteiger partial charge in [-0.1, -0.05) is 95.8 Å². The zero-order valence-electron chi connectivity index (χ0n) is 32.1. The first-order chi connectivity index (χ1) is 24.9. The lowest BCUT2D eigenvalue weighted by Crippen LogP contribution is -2.59. The van der Waals surface area contributed by atoms with Crippen LogP contribution in [0.15, 0.2) is 79.1 Å². The van der Waals surface area contributed by atoms with Crippen LogP contribution in [0.5, 0.6) is 0 Å². The zero-order chi connectivity index (χ0) is 39.2. The van der Waals surface area contributed by atoms with Crippen LogP contribution in [0.4, 0.5) is 4.79 Å². The third-order valence-electron chi connectivity index (χ3n) is 8.61. The van der Waals surface area contributed by atoms with Gasteiger partial charge in [0.25, 0.3) is 11.8 Å². The second-order valence-corrected chi connectivity index (χ2v) is 15.2. The van der Waals surface area contributed by atoms with Crippen molar-refractivity contribution in [2.45, 2.75) is 85.0 Å². The van der Waals surface area contributed by atoms with Crippen LogP contribution in [0.1, 0.15) is 76.6 Å². The Morgan fingerprint density at radius 3 is 2.00 bits per heavy atom. The molecule has 2 aromatic carbocycles. The van der Waals surface area contributed by atoms with Gasteiger partial charge in [-0.25, -0.2) is 9.80 Å². The Morgan fingerprint density at radius 1 is 0.811 bits per heavy atom. The van der Waals surface area contributed by atoms with Gasteiger partial charge in [0.15, 0.2) is 0 Å². The van der Waals surface area contributed by atoms with E-state index in [1.807, 2.05) is 108 Å². The van der Waals surface area contributed by atoms with Gasteiger partial charge < -0.3 is 25.8 Å². The van der Waals surface area contributed by atoms with Crippen LogP contribution in [0, 0.1) is 22.7 Å². The van der Waals surface area contributed by atoms with E-state index in [1.165, 1.54) is 14.2 Å². The topological polar surface area (TPSA) is 162 Å². The molecule has 4 amide bonds. The van der Waals surface area contributed by atoms with Crippen molar-refractivity contribution in [3.8, 4) is 11.8 Å². The highest BCUT2D eigenvalue weighted by molar-refractivity contribution is 5.92. The van der Waals surface area contributed by atoms with Crippen molar-refractivity contribution >= 4 is 23.8 Å². The summed E-state index contributed by atoms with van der Waals surface area (Å²) in [7, 11) is 2.73. The SMILES string of the molecule is CNC(=O)[C@@H](NC(=O)[C@@](O)(CCCN(Cc1ccc(C#Cc2cccnc2)cc1)NC(=O)[C@@H](NC(=O)OC)C(C)(C)C)Cc1ccccc1)C(C)(C)C. The minimum atomic E-state index is -1.89. The summed E-state index contributed by atoms with van der Waals surface area (Å²) in [5, 5.41) is 21.8. The second-order valence-electron chi connectivity index (χ2n) is 15.2. The minimum Gasteiger partial charge on any atom is -0.453 e. The Bertz CT molecular complexity index is 1730. The van der Waals surface area contributed by atoms with Crippen LogP contribution in [0.3, 0.4) is 0 Å². The smallest absolute Gasteiger partial charge is 0.407 e. The van der Waals surface area contributed by atoms with Crippen molar-refractivity contribution in [1.82, 2.24) is 31.4 Å². The Hall–Kier alpha value is -5.25. The van der Waals surface area contributed by atoms with Crippen LogP contribution >= 0.6 is 0 Å². The number of nitrogens with zero attached hydrogens (tertiary/aromatic N) is 2. The Morgan fingerprint density at radius 2 is 1.43 bits per heavy atom. The largest absolute Gasteiger partial charge is 0.453 e. The monoisotopic (exact) mass is 726 g/mol. The first-order valence-electron chi connectivity index (χ1n) is 17.6. The third-order valence-corrected chi connectivity index (χ3v) is 8.61. The lowest BCUT2D eigenvalue weighted by atomic mass is 9.84. The number of likely N-dealkylation sites (N-methyl/N-ethyl adjacent to an activating group) is 1. The minimum absolute atomic E-state index is 0.00727. The van der Waals surface area contributed by atoms with Gasteiger partial charge in [-0.2, -0.15) is 0 Å². The lowest BCUT2D eigenvalue weighted by Gasteiger charge is -2.35. The lowest BCUT2D eigenvalue weighted by molar-refractivity contribution is -0.145. The number of methoxy groups -OCH3 is 1. The van der Waals surface area contributed by atoms with E-state index in [9.17, 15) is 24.3 Å². The van der Waals surface area contributed by atoms with E-state index >= 15 is 0 Å². The number of ether oxygens (including phenoxy) is 1. The molecule has 0 aliphatic heterocycles. The fourth-order valence-corrected chi connectivity index (χ4v) is 5.61. The number of aromatic nitrogens is 1. The molecule has 12 heteroatoms. The molecule has 0 aliphatic rings. The number of rotatable bonds is 14. The van der Waals surface area contributed by atoms with Crippen molar-refractivity contribution in [2.75, 3.05) is 20.7 Å². The number of amides is 4. The van der Waals surface area contributed by atoms with Crippen LogP contribution < -0.4 is 21.4 Å². The number of benzene rings is 2. The molecule has 1 aromatic heterocycles. The molecule has 1 heterocycles. The van der Waals surface area contributed by atoms with Crippen molar-refractivity contribution in [2.24, 2.45) is 10.8 Å². The van der Waals surface area contributed by atoms with Gasteiger partial charge in [-0.15, -0.1) is 0 Å². The van der Waals surface area contributed by atoms with E-state index in [4.69, 9.17) is 4.74 Å². The van der Waals surface area contributed by atoms with E-state index in [0.717, 1.165) is 22.3 Å². The van der Waals surface area contributed by atoms with Crippen LogP contribution in [-0.2, 0) is 32.1 Å². The highest BCUT2D eigenvalue weighted by Crippen LogP contribution is 2.25. The van der Waals surface area contributed by atoms with Gasteiger partial charge in [0.05, 0.1) is 7.11 Å². The molecule has 3 rings (SSSR count). The van der Waals surface area contributed by atoms with E-state index in [2.05, 4.69) is 38.2 Å². The fourth-order valence-electron chi connectivity index (χ4n) is 5.61. The number of carbonyl (C=O) groups is 4. The Kier molecular flexibility index (Phi) is 15.1. The first-order valence-corrected chi connectivity index (χ1v) is 17.6. The number of hydrazine groups is 1. The number of nitrogens with one attached hydrogen (secondary N) is 4. The molecule has 284 valence electrons. The van der Waals surface area contributed by atoms with E-state index in [-0.39, 0.29) is 38.3 Å². The normalized spacial score (nSPS) is 13.7. The van der Waals surface area contributed by atoms with Gasteiger partial charge >= 0.3 is 6.09 Å². The Balaban J connectivity index is 1.88. The highest BCUT2D eigenvalue weighted by atomic mass is 16.5. The molecule has 3 atom stereocenters. The molecule has 0 fully saturated rings. The molecule has 53 heavy (non-hydrogen) atoms. The average molecular weight is 727 g/mol. The van der Waals surface area contributed by atoms with Crippen molar-refractivity contribution in [3.05, 3.63) is 101 Å². The molecule has 0 saturated carbocycles. The number of hydrogen-bond donors (Lipinski definition) is 5. The average Bonchev–Trinajstić information content (AvgIpc) is 3.11. The molecule has 0 spiro atoms. The molecular weight excluding hydrogens is 672 g/mol. The maximum absolute atomic E-state index is 13.9. The van der Waals surface area contributed by atoms with Gasteiger partial charge in [-0.3, -0.25) is 24.8 Å². The summed E-state index contributed by atoms with van der Waals surface area (Å²) in [4.78, 5) is 56.7. The number of carbonyl (C=O) groups excluding carboxylic acids is 4. The first kappa shape index (κ1) is 42.2. The molecule has 0 radical (unpaired) electrons. The van der Waals surface area contributed by atoms with Crippen molar-refractivity contribution in [3.63, 3.8) is 0 Å². The summed E-state index contributed by atoms with van der Waals surface area (Å²) in [5.41, 5.74) is 2.97. The van der Waals surface area contributed by atoms with Crippen LogP contribution in [0.2, 0.25) is 0 Å². The second kappa shape index (κ2) is 19.0. The number of alkyl carbamates (subject to hydrolysis) is 1. The molecule has 0 aliphatic carbocycles. The van der Waals surface area contributed by atoms with E-state index in [0.29, 0.717) is 0 Å². The molecule has 12 nitrogen and oxygen atoms in total. The summed E-state index contributed by atoms with van der Waals surface area (Å²) in [6, 6.07) is 18.6. The van der Waals surface area contributed by atoms with Crippen molar-refractivity contribution in [1.29, 1.82) is 0 Å². The van der Waals surface area contributed by atoms with Crippen LogP contribution in [0.25, 0.3) is 0 Å². The summed E-state index contributed by atoms with van der Waals surface area (Å²) in [5.74, 6) is 4.72. The van der Waals surface area contributed by atoms with Gasteiger partial charge in [0, 0.05) is 50.1 Å². The van der Waals surface area contributed by atoms with E-state index < -0.39 is 46.4 Å². The van der Waals surface area contributed by atoms with Gasteiger partial charge in [0.2, 0.25) is 5.91 Å². The van der Waals surface area contributed by atoms with Crippen molar-refractivity contribution < 1.29 is 29.0 Å². The maximum Gasteiger partial charge on any atom is 0.407 e. The zero-order valence-corrected chi connectivity index (χ0v) is 32.1. The third kappa shape index (κ3) is 13.3. The van der Waals surface area contributed by atoms with Gasteiger partial charge in [-0.05, 0) is 59.1 Å². The number of pyridine rings is 1. The molecule has 3 aromatic rings. The number of aliphatic hydroxyl groups is 1. The summed E-state index contributed by atoms with van der Waals surface area (Å²) < 4.78 is 4.78. The number of hydrogen-bond acceptors (Lipinski definition) is 8. The quantitative estimate of drug-likeness (QED) is 0.123. The standard InChI is InChI=1S/C41H54N6O6/c1-39(2,3)33(35(48)42-7)44-37(50)41(52,26-30-14-10-9-11-15-30)23-13-25-47(46-36(49)34(40(4,5)6)45-38(51)53-8)28-32-21-18-29(19-22-32)17-20-31-16-12-24-43-27-31/h9-12,14-16,18-19,21-22,24,27,33-34,52H,13,23,25-26,28H2,1-8H3,(H,42,48)(H,44,50)(H,45,51)(H,46,49)/t33-,34-,41-/m1/s1. The predicted molar refractivity (Wildman–Crippen MR) is 204 cm³/mol. The maximum atomic E-state index is 13.9. The summed E-state index contributed by atoms with van der Waals surface area (Å²) in [6.07, 6.45) is 2.93. The Labute approximate surface area is 313 Å². The molecule has 5 N–H and O–H groups in total. The van der Waals surface area contributed by atoms with E-state index in [1.54, 1.807) is 17.4 Å². The molecule has 0 saturated heterocycles. The van der Waals surface area contributed by atoms with Gasteiger partial charge in [0.1, 0.15) is 17.7 Å². The predicted octanol–water partition coefficient (Wildman–Crippen LogP) is 4.12. The highest BCUT2D eigenvalue weighted by Gasteiger charge is 2.41. The molecule has 0 bridgehead atoms. The molecular formula is C41H54N6O6.